The van der Waals surface area contributed by atoms with Gasteiger partial charge in [0.15, 0.2) is 5.75 Å². The Labute approximate surface area is 209 Å². The Bertz CT molecular complexity index is 1450. The van der Waals surface area contributed by atoms with Crippen LogP contribution in [0.4, 0.5) is 4.39 Å². The summed E-state index contributed by atoms with van der Waals surface area (Å²) in [5.74, 6) is -0.104. The number of fused-ring (bicyclic) bond motifs is 2. The van der Waals surface area contributed by atoms with Gasteiger partial charge in [-0.2, -0.15) is 0 Å². The number of nitrogens with zero attached hydrogens (tertiary/aromatic N) is 2. The molecule has 3 aromatic carbocycles. The second kappa shape index (κ2) is 9.91. The molecule has 1 N–H and O–H groups in total. The molecule has 0 spiro atoms. The van der Waals surface area contributed by atoms with Gasteiger partial charge in [0, 0.05) is 24.7 Å². The molecule has 0 aliphatic carbocycles. The van der Waals surface area contributed by atoms with Gasteiger partial charge in [0.25, 0.3) is 5.91 Å². The minimum absolute atomic E-state index is 0.198. The molecule has 1 aliphatic heterocycles. The van der Waals surface area contributed by atoms with Crippen molar-refractivity contribution in [1.82, 2.24) is 9.88 Å². The Morgan fingerprint density at radius 1 is 1.14 bits per heavy atom. The van der Waals surface area contributed by atoms with E-state index in [2.05, 4.69) is 4.98 Å². The van der Waals surface area contributed by atoms with Crippen LogP contribution >= 0.6 is 0 Å². The summed E-state index contributed by atoms with van der Waals surface area (Å²) in [6.45, 7) is 4.37. The number of rotatable bonds is 7. The molecule has 6 heteroatoms. The van der Waals surface area contributed by atoms with Crippen molar-refractivity contribution in [3.63, 3.8) is 0 Å². The largest absolute Gasteiger partial charge is 0.478 e. The number of carbonyl (C=O) groups excluding carboxylic acids is 1. The Kier molecular flexibility index (Phi) is 6.53. The van der Waals surface area contributed by atoms with Crippen LogP contribution in [-0.4, -0.2) is 20.9 Å². The van der Waals surface area contributed by atoms with Gasteiger partial charge in [-0.3, -0.25) is 9.78 Å². The third-order valence-corrected chi connectivity index (χ3v) is 6.74. The number of amides is 1. The van der Waals surface area contributed by atoms with Crippen LogP contribution < -0.4 is 4.74 Å². The molecule has 1 amide bonds. The number of ether oxygens (including phenoxy) is 1. The maximum atomic E-state index is 13.8. The molecule has 1 aliphatic rings. The molecule has 0 radical (unpaired) electrons. The summed E-state index contributed by atoms with van der Waals surface area (Å²) in [7, 11) is 0. The molecule has 0 saturated carbocycles. The predicted molar refractivity (Wildman–Crippen MR) is 137 cm³/mol. The Morgan fingerprint density at radius 3 is 2.58 bits per heavy atom. The fraction of sp³-hybridized carbons (Fsp3) is 0.200. The van der Waals surface area contributed by atoms with Gasteiger partial charge in [-0.25, -0.2) is 4.39 Å². The number of hydrogen-bond acceptors (Lipinski definition) is 4. The number of allylic oxidation sites excluding steroid dienone is 1. The van der Waals surface area contributed by atoms with Crippen LogP contribution in [-0.2, 0) is 19.7 Å². The van der Waals surface area contributed by atoms with Crippen molar-refractivity contribution in [3.05, 3.63) is 118 Å². The predicted octanol–water partition coefficient (Wildman–Crippen LogP) is 6.11. The number of benzene rings is 3. The van der Waals surface area contributed by atoms with Gasteiger partial charge < -0.3 is 14.7 Å². The summed E-state index contributed by atoms with van der Waals surface area (Å²) in [6, 6.07) is 19.7. The summed E-state index contributed by atoms with van der Waals surface area (Å²) in [6.07, 6.45) is 3.25. The first kappa shape index (κ1) is 23.7. The first-order valence-corrected chi connectivity index (χ1v) is 11.9. The average Bonchev–Trinajstić information content (AvgIpc) is 3.23. The normalized spacial score (nSPS) is 14.3. The number of pyridine rings is 1. The van der Waals surface area contributed by atoms with Crippen LogP contribution in [0.3, 0.4) is 0 Å². The quantitative estimate of drug-likeness (QED) is 0.323. The van der Waals surface area contributed by atoms with Crippen LogP contribution in [0.15, 0.2) is 84.6 Å². The summed E-state index contributed by atoms with van der Waals surface area (Å²) >= 11 is 0. The smallest absolute Gasteiger partial charge is 0.258 e. The zero-order chi connectivity index (χ0) is 25.2. The summed E-state index contributed by atoms with van der Waals surface area (Å²) < 4.78 is 20.1. The van der Waals surface area contributed by atoms with Crippen molar-refractivity contribution in [2.24, 2.45) is 0 Å². The topological polar surface area (TPSA) is 62.7 Å². The summed E-state index contributed by atoms with van der Waals surface area (Å²) in [4.78, 5) is 20.1. The van der Waals surface area contributed by atoms with Crippen LogP contribution in [0.5, 0.6) is 5.75 Å². The Hall–Kier alpha value is -4.03. The Morgan fingerprint density at radius 2 is 1.89 bits per heavy atom. The molecule has 0 saturated heterocycles. The van der Waals surface area contributed by atoms with E-state index in [0.29, 0.717) is 35.5 Å². The van der Waals surface area contributed by atoms with E-state index in [4.69, 9.17) is 4.74 Å². The van der Waals surface area contributed by atoms with Gasteiger partial charge in [-0.15, -0.1) is 0 Å². The van der Waals surface area contributed by atoms with E-state index in [1.165, 1.54) is 12.1 Å². The SMILES string of the molecule is C/C=C(\C)C(Oc1c2c(c(CO)c3cccnc13)CN(Cc1ccc(F)cc1)C2=O)c1ccccc1. The maximum Gasteiger partial charge on any atom is 0.258 e. The molecule has 0 fully saturated rings. The van der Waals surface area contributed by atoms with E-state index in [9.17, 15) is 14.3 Å². The van der Waals surface area contributed by atoms with E-state index in [-0.39, 0.29) is 18.3 Å². The van der Waals surface area contributed by atoms with Gasteiger partial charge >= 0.3 is 0 Å². The lowest BCUT2D eigenvalue weighted by atomic mass is 9.96. The van der Waals surface area contributed by atoms with E-state index in [0.717, 1.165) is 27.6 Å². The Balaban J connectivity index is 1.65. The number of hydrogen-bond donors (Lipinski definition) is 1. The van der Waals surface area contributed by atoms with Crippen molar-refractivity contribution in [1.29, 1.82) is 0 Å². The lowest BCUT2D eigenvalue weighted by Crippen LogP contribution is -2.23. The summed E-state index contributed by atoms with van der Waals surface area (Å²) in [5, 5.41) is 11.1. The zero-order valence-corrected chi connectivity index (χ0v) is 20.2. The van der Waals surface area contributed by atoms with Crippen molar-refractivity contribution >= 4 is 16.8 Å². The van der Waals surface area contributed by atoms with Gasteiger partial charge in [-0.1, -0.05) is 54.6 Å². The second-order valence-corrected chi connectivity index (χ2v) is 8.95. The number of aromatic nitrogens is 1. The number of aliphatic hydroxyl groups is 1. The van der Waals surface area contributed by atoms with Crippen molar-refractivity contribution in [3.8, 4) is 5.75 Å². The fourth-order valence-corrected chi connectivity index (χ4v) is 4.77. The minimum atomic E-state index is -0.413. The van der Waals surface area contributed by atoms with Crippen LogP contribution in [0.25, 0.3) is 10.9 Å². The number of aliphatic hydroxyl groups excluding tert-OH is 1. The first-order valence-electron chi connectivity index (χ1n) is 11.9. The van der Waals surface area contributed by atoms with Crippen molar-refractivity contribution in [2.75, 3.05) is 0 Å². The van der Waals surface area contributed by atoms with Gasteiger partial charge in [0.05, 0.1) is 12.2 Å². The average molecular weight is 483 g/mol. The first-order chi connectivity index (χ1) is 17.5. The molecule has 1 aromatic heterocycles. The van der Waals surface area contributed by atoms with Crippen LogP contribution in [0.1, 0.15) is 52.6 Å². The second-order valence-electron chi connectivity index (χ2n) is 8.95. The lowest BCUT2D eigenvalue weighted by molar-refractivity contribution is 0.0762. The lowest BCUT2D eigenvalue weighted by Gasteiger charge is -2.23. The van der Waals surface area contributed by atoms with E-state index in [1.807, 2.05) is 62.4 Å². The van der Waals surface area contributed by atoms with E-state index >= 15 is 0 Å². The molecule has 5 rings (SSSR count). The highest BCUT2D eigenvalue weighted by atomic mass is 19.1. The molecular formula is C30H27FN2O3. The molecule has 0 bridgehead atoms. The van der Waals surface area contributed by atoms with E-state index < -0.39 is 6.10 Å². The molecule has 2 heterocycles. The standard InChI is InChI=1S/C30H27FN2O3/c1-3-19(2)28(21-8-5-4-6-9-21)36-29-26-24(25(18-34)23-10-7-15-32-27(23)29)17-33(30(26)35)16-20-11-13-22(31)14-12-20/h3-15,28,34H,16-18H2,1-2H3/b19-3+. The highest BCUT2D eigenvalue weighted by Gasteiger charge is 2.36. The molecule has 182 valence electrons. The minimum Gasteiger partial charge on any atom is -0.478 e. The van der Waals surface area contributed by atoms with Gasteiger partial charge in [0.1, 0.15) is 17.4 Å². The highest BCUT2D eigenvalue weighted by Crippen LogP contribution is 2.43. The highest BCUT2D eigenvalue weighted by molar-refractivity contribution is 6.07. The van der Waals surface area contributed by atoms with Crippen molar-refractivity contribution < 1.29 is 19.0 Å². The van der Waals surface area contributed by atoms with Gasteiger partial charge in [0.2, 0.25) is 0 Å². The summed E-state index contributed by atoms with van der Waals surface area (Å²) in [5.41, 5.74) is 5.17. The van der Waals surface area contributed by atoms with Gasteiger partial charge in [-0.05, 0) is 59.9 Å². The van der Waals surface area contributed by atoms with Crippen LogP contribution in [0, 0.1) is 5.82 Å². The fourth-order valence-electron chi connectivity index (χ4n) is 4.77. The number of halogens is 1. The van der Waals surface area contributed by atoms with Crippen LogP contribution in [0.2, 0.25) is 0 Å². The molecular weight excluding hydrogens is 455 g/mol. The third-order valence-electron chi connectivity index (χ3n) is 6.74. The molecule has 1 unspecified atom stereocenters. The zero-order valence-electron chi connectivity index (χ0n) is 20.2. The van der Waals surface area contributed by atoms with Crippen molar-refractivity contribution in [2.45, 2.75) is 39.6 Å². The third kappa shape index (κ3) is 4.25. The molecule has 1 atom stereocenters. The molecule has 36 heavy (non-hydrogen) atoms. The molecule has 4 aromatic rings. The maximum absolute atomic E-state index is 13.8. The van der Waals surface area contributed by atoms with E-state index in [1.54, 1.807) is 23.2 Å². The molecule has 5 nitrogen and oxygen atoms in total. The number of carbonyl (C=O) groups is 1. The monoisotopic (exact) mass is 482 g/mol.